The predicted molar refractivity (Wildman–Crippen MR) is 108 cm³/mol. The van der Waals surface area contributed by atoms with E-state index in [1.807, 2.05) is 19.1 Å². The topological polar surface area (TPSA) is 81.7 Å². The number of hydrogen-bond donors (Lipinski definition) is 3. The monoisotopic (exact) mass is 383 g/mol. The Kier molecular flexibility index (Phi) is 5.40. The molecule has 1 saturated carbocycles. The number of benzene rings is 1. The van der Waals surface area contributed by atoms with E-state index in [0.29, 0.717) is 24.7 Å². The van der Waals surface area contributed by atoms with Gasteiger partial charge in [0.15, 0.2) is 0 Å². The highest BCUT2D eigenvalue weighted by atomic mass is 16.3. The molecule has 1 aromatic carbocycles. The van der Waals surface area contributed by atoms with E-state index in [1.165, 1.54) is 37.7 Å². The highest BCUT2D eigenvalue weighted by Crippen LogP contribution is 2.33. The zero-order valence-corrected chi connectivity index (χ0v) is 16.4. The molecule has 6 nitrogen and oxygen atoms in total. The Morgan fingerprint density at radius 1 is 1.18 bits per heavy atom. The fraction of sp³-hybridized carbons (Fsp3) is 0.545. The van der Waals surface area contributed by atoms with Gasteiger partial charge in [-0.3, -0.25) is 9.59 Å². The third-order valence-corrected chi connectivity index (χ3v) is 6.47. The van der Waals surface area contributed by atoms with Crippen LogP contribution in [-0.4, -0.2) is 47.5 Å². The van der Waals surface area contributed by atoms with Crippen molar-refractivity contribution >= 4 is 17.5 Å². The van der Waals surface area contributed by atoms with Gasteiger partial charge < -0.3 is 20.6 Å². The van der Waals surface area contributed by atoms with Crippen molar-refractivity contribution in [3.05, 3.63) is 41.2 Å². The number of hydrogen-bond acceptors (Lipinski definition) is 4. The molecule has 2 aliphatic heterocycles. The zero-order valence-electron chi connectivity index (χ0n) is 16.4. The van der Waals surface area contributed by atoms with Crippen LogP contribution in [0.3, 0.4) is 0 Å². The van der Waals surface area contributed by atoms with E-state index < -0.39 is 11.8 Å². The van der Waals surface area contributed by atoms with E-state index >= 15 is 0 Å². The van der Waals surface area contributed by atoms with Crippen molar-refractivity contribution in [2.24, 2.45) is 5.92 Å². The van der Waals surface area contributed by atoms with Gasteiger partial charge in [0.1, 0.15) is 11.3 Å². The Labute approximate surface area is 166 Å². The van der Waals surface area contributed by atoms with Gasteiger partial charge in [-0.2, -0.15) is 0 Å². The van der Waals surface area contributed by atoms with E-state index in [-0.39, 0.29) is 23.3 Å². The number of nitrogens with one attached hydrogen (secondary N) is 2. The third kappa shape index (κ3) is 3.65. The lowest BCUT2D eigenvalue weighted by Crippen LogP contribution is -2.48. The molecule has 1 saturated heterocycles. The summed E-state index contributed by atoms with van der Waals surface area (Å²) in [6, 6.07) is 7.77. The van der Waals surface area contributed by atoms with Gasteiger partial charge in [0.2, 0.25) is 0 Å². The summed E-state index contributed by atoms with van der Waals surface area (Å²) in [5.41, 5.74) is 1.79. The van der Waals surface area contributed by atoms with Gasteiger partial charge in [0, 0.05) is 18.8 Å². The molecular formula is C22H29N3O3. The number of carbonyl (C=O) groups excluding carboxylic acids is 2. The number of aliphatic hydroxyl groups is 1. The fourth-order valence-electron chi connectivity index (χ4n) is 4.80. The lowest BCUT2D eigenvalue weighted by Gasteiger charge is -2.26. The number of aliphatic hydroxyl groups excluding tert-OH is 1. The maximum Gasteiger partial charge on any atom is 0.264 e. The van der Waals surface area contributed by atoms with E-state index in [2.05, 4.69) is 27.7 Å². The number of likely N-dealkylation sites (tertiary alicyclic amines) is 1. The molecule has 0 bridgehead atoms. The van der Waals surface area contributed by atoms with E-state index in [0.717, 1.165) is 6.54 Å². The predicted octanol–water partition coefficient (Wildman–Crippen LogP) is 2.94. The molecule has 2 amide bonds. The van der Waals surface area contributed by atoms with Crippen LogP contribution in [0.15, 0.2) is 35.6 Å². The first-order chi connectivity index (χ1) is 13.6. The second kappa shape index (κ2) is 7.95. The first-order valence-electron chi connectivity index (χ1n) is 10.4. The van der Waals surface area contributed by atoms with Gasteiger partial charge >= 0.3 is 0 Å². The van der Waals surface area contributed by atoms with Crippen LogP contribution in [0.25, 0.3) is 0 Å². The number of rotatable bonds is 4. The van der Waals surface area contributed by atoms with E-state index in [4.69, 9.17) is 0 Å². The molecule has 4 rings (SSSR count). The Morgan fingerprint density at radius 3 is 2.57 bits per heavy atom. The van der Waals surface area contributed by atoms with Crippen LogP contribution in [0.2, 0.25) is 0 Å². The summed E-state index contributed by atoms with van der Waals surface area (Å²) in [6.45, 7) is 4.25. The second-order valence-electron chi connectivity index (χ2n) is 8.21. The fourth-order valence-corrected chi connectivity index (χ4v) is 4.80. The maximum absolute atomic E-state index is 12.7. The maximum atomic E-state index is 12.7. The van der Waals surface area contributed by atoms with E-state index in [1.54, 1.807) is 0 Å². The van der Waals surface area contributed by atoms with Gasteiger partial charge in [-0.05, 0) is 43.0 Å². The Hall–Kier alpha value is -2.34. The molecule has 1 aromatic rings. The molecule has 2 heterocycles. The van der Waals surface area contributed by atoms with Gasteiger partial charge in [-0.25, -0.2) is 0 Å². The highest BCUT2D eigenvalue weighted by molar-refractivity contribution is 6.23. The smallest absolute Gasteiger partial charge is 0.264 e. The quantitative estimate of drug-likeness (QED) is 0.698. The standard InChI is InChI=1S/C22H29N3O3/c1-2-25-12-17-18(13-25)24-22(28)19(20(17)26)21(27)23-16-10-8-15(9-11-16)14-6-4-3-5-7-14/h8-11,14,17-18,26H,2-7,12-13H2,1H3,(H,23,27)(H,24,28)/t17-,18-/m0/s1. The summed E-state index contributed by atoms with van der Waals surface area (Å²) in [5, 5.41) is 16.3. The lowest BCUT2D eigenvalue weighted by atomic mass is 9.84. The molecule has 3 aliphatic rings. The van der Waals surface area contributed by atoms with Crippen molar-refractivity contribution < 1.29 is 14.7 Å². The van der Waals surface area contributed by atoms with Crippen LogP contribution in [0.4, 0.5) is 5.69 Å². The SMILES string of the molecule is CCN1C[C@@H]2NC(=O)C(C(=O)Nc3ccc(C4CCCCC4)cc3)=C(O)[C@H]2C1. The highest BCUT2D eigenvalue weighted by Gasteiger charge is 2.43. The summed E-state index contributed by atoms with van der Waals surface area (Å²) < 4.78 is 0. The molecule has 2 fully saturated rings. The van der Waals surface area contributed by atoms with Crippen molar-refractivity contribution in [2.45, 2.75) is 51.0 Å². The van der Waals surface area contributed by atoms with Crippen molar-refractivity contribution in [3.63, 3.8) is 0 Å². The summed E-state index contributed by atoms with van der Waals surface area (Å²) in [6.07, 6.45) is 6.34. The van der Waals surface area contributed by atoms with Crippen LogP contribution in [-0.2, 0) is 9.59 Å². The van der Waals surface area contributed by atoms with Gasteiger partial charge in [0.05, 0.1) is 12.0 Å². The van der Waals surface area contributed by atoms with E-state index in [9.17, 15) is 14.7 Å². The van der Waals surface area contributed by atoms with Crippen molar-refractivity contribution in [2.75, 3.05) is 25.0 Å². The number of carbonyl (C=O) groups is 2. The first-order valence-corrected chi connectivity index (χ1v) is 10.4. The number of anilines is 1. The summed E-state index contributed by atoms with van der Waals surface area (Å²) >= 11 is 0. The Morgan fingerprint density at radius 2 is 1.89 bits per heavy atom. The van der Waals surface area contributed by atoms with Crippen LogP contribution in [0, 0.1) is 5.92 Å². The van der Waals surface area contributed by atoms with Crippen LogP contribution >= 0.6 is 0 Å². The summed E-state index contributed by atoms with van der Waals surface area (Å²) in [5.74, 6) is -0.731. The van der Waals surface area contributed by atoms with Crippen LogP contribution in [0.1, 0.15) is 50.5 Å². The van der Waals surface area contributed by atoms with Gasteiger partial charge in [0.25, 0.3) is 11.8 Å². The van der Waals surface area contributed by atoms with Gasteiger partial charge in [-0.1, -0.05) is 38.3 Å². The second-order valence-corrected chi connectivity index (χ2v) is 8.21. The van der Waals surface area contributed by atoms with Crippen LogP contribution < -0.4 is 10.6 Å². The number of likely N-dealkylation sites (N-methyl/N-ethyl adjacent to an activating group) is 1. The normalized spacial score (nSPS) is 26.1. The molecular weight excluding hydrogens is 354 g/mol. The average molecular weight is 383 g/mol. The number of nitrogens with zero attached hydrogens (tertiary/aromatic N) is 1. The Balaban J connectivity index is 1.46. The minimum absolute atomic E-state index is 0.0824. The first kappa shape index (κ1) is 19.0. The summed E-state index contributed by atoms with van der Waals surface area (Å²) in [4.78, 5) is 27.3. The summed E-state index contributed by atoms with van der Waals surface area (Å²) in [7, 11) is 0. The van der Waals surface area contributed by atoms with Gasteiger partial charge in [-0.15, -0.1) is 0 Å². The molecule has 3 N–H and O–H groups in total. The number of fused-ring (bicyclic) bond motifs is 1. The Bertz CT molecular complexity index is 781. The molecule has 6 heteroatoms. The third-order valence-electron chi connectivity index (χ3n) is 6.47. The zero-order chi connectivity index (χ0) is 19.7. The minimum Gasteiger partial charge on any atom is -0.511 e. The molecule has 150 valence electrons. The average Bonchev–Trinajstić information content (AvgIpc) is 3.12. The van der Waals surface area contributed by atoms with Crippen molar-refractivity contribution in [1.82, 2.24) is 10.2 Å². The minimum atomic E-state index is -0.547. The van der Waals surface area contributed by atoms with Crippen LogP contribution in [0.5, 0.6) is 0 Å². The molecule has 28 heavy (non-hydrogen) atoms. The largest absolute Gasteiger partial charge is 0.511 e. The van der Waals surface area contributed by atoms with Crippen molar-refractivity contribution in [3.8, 4) is 0 Å². The lowest BCUT2D eigenvalue weighted by molar-refractivity contribution is -0.123. The molecule has 0 unspecified atom stereocenters. The molecule has 1 aliphatic carbocycles. The number of amides is 2. The molecule has 0 spiro atoms. The molecule has 0 radical (unpaired) electrons. The molecule has 0 aromatic heterocycles. The van der Waals surface area contributed by atoms with Crippen molar-refractivity contribution in [1.29, 1.82) is 0 Å². The molecule has 2 atom stereocenters.